The van der Waals surface area contributed by atoms with Gasteiger partial charge in [0.1, 0.15) is 5.75 Å². The lowest BCUT2D eigenvalue weighted by Gasteiger charge is -2.32. The molecule has 138 valence electrons. The van der Waals surface area contributed by atoms with Crippen molar-refractivity contribution >= 4 is 5.91 Å². The Kier molecular flexibility index (Phi) is 6.29. The van der Waals surface area contributed by atoms with Crippen molar-refractivity contribution in [3.63, 3.8) is 0 Å². The van der Waals surface area contributed by atoms with Gasteiger partial charge in [-0.1, -0.05) is 42.5 Å². The molecule has 1 heterocycles. The Labute approximate surface area is 156 Å². The molecule has 1 fully saturated rings. The second-order valence-corrected chi connectivity index (χ2v) is 7.04. The highest BCUT2D eigenvalue weighted by atomic mass is 16.5. The molecule has 1 aliphatic heterocycles. The van der Waals surface area contributed by atoms with E-state index in [1.807, 2.05) is 37.3 Å². The van der Waals surface area contributed by atoms with Gasteiger partial charge in [-0.3, -0.25) is 9.69 Å². The molecule has 0 aliphatic carbocycles. The smallest absolute Gasteiger partial charge is 0.223 e. The second kappa shape index (κ2) is 8.86. The minimum atomic E-state index is 0.00996. The summed E-state index contributed by atoms with van der Waals surface area (Å²) in [6, 6.07) is 18.4. The predicted molar refractivity (Wildman–Crippen MR) is 104 cm³/mol. The van der Waals surface area contributed by atoms with Crippen molar-refractivity contribution < 1.29 is 9.53 Å². The number of ether oxygens (including phenoxy) is 1. The summed E-state index contributed by atoms with van der Waals surface area (Å²) in [5, 5.41) is 3.17. The lowest BCUT2D eigenvalue weighted by molar-refractivity contribution is -0.127. The fraction of sp³-hybridized carbons (Fsp3) is 0.409. The fourth-order valence-electron chi connectivity index (χ4n) is 3.50. The van der Waals surface area contributed by atoms with Crippen molar-refractivity contribution in [1.29, 1.82) is 0 Å². The Bertz CT molecular complexity index is 692. The van der Waals surface area contributed by atoms with Gasteiger partial charge in [0.05, 0.1) is 13.2 Å². The van der Waals surface area contributed by atoms with Gasteiger partial charge >= 0.3 is 0 Å². The molecule has 0 aromatic heterocycles. The molecule has 0 bridgehead atoms. The normalized spacial score (nSPS) is 16.8. The number of methoxy groups -OCH3 is 1. The number of carbonyl (C=O) groups excluding carboxylic acids is 1. The first-order valence-corrected chi connectivity index (χ1v) is 9.36. The van der Waals surface area contributed by atoms with Crippen LogP contribution in [0.2, 0.25) is 0 Å². The van der Waals surface area contributed by atoms with Crippen LogP contribution in [-0.2, 0) is 11.3 Å². The van der Waals surface area contributed by atoms with Gasteiger partial charge in [0.2, 0.25) is 5.91 Å². The Morgan fingerprint density at radius 3 is 2.38 bits per heavy atom. The van der Waals surface area contributed by atoms with Gasteiger partial charge in [0.25, 0.3) is 0 Å². The zero-order chi connectivity index (χ0) is 18.4. The molecule has 1 N–H and O–H groups in total. The average Bonchev–Trinajstić information content (AvgIpc) is 2.69. The highest BCUT2D eigenvalue weighted by molar-refractivity contribution is 5.79. The van der Waals surface area contributed by atoms with Crippen LogP contribution >= 0.6 is 0 Å². The molecule has 0 radical (unpaired) electrons. The maximum Gasteiger partial charge on any atom is 0.223 e. The van der Waals surface area contributed by atoms with E-state index < -0.39 is 0 Å². The molecule has 2 aromatic carbocycles. The average molecular weight is 352 g/mol. The van der Waals surface area contributed by atoms with E-state index in [2.05, 4.69) is 34.5 Å². The summed E-state index contributed by atoms with van der Waals surface area (Å²) >= 11 is 0. The van der Waals surface area contributed by atoms with E-state index in [0.29, 0.717) is 0 Å². The molecular weight excluding hydrogens is 324 g/mol. The van der Waals surface area contributed by atoms with Crippen LogP contribution in [0.15, 0.2) is 54.6 Å². The lowest BCUT2D eigenvalue weighted by atomic mass is 9.95. The van der Waals surface area contributed by atoms with Gasteiger partial charge in [-0.25, -0.2) is 0 Å². The van der Waals surface area contributed by atoms with E-state index in [-0.39, 0.29) is 17.9 Å². The second-order valence-electron chi connectivity index (χ2n) is 7.04. The van der Waals surface area contributed by atoms with Crippen molar-refractivity contribution in [1.82, 2.24) is 10.2 Å². The molecule has 1 amide bonds. The molecule has 2 aromatic rings. The molecule has 4 nitrogen and oxygen atoms in total. The number of hydrogen-bond acceptors (Lipinski definition) is 3. The summed E-state index contributed by atoms with van der Waals surface area (Å²) in [5.41, 5.74) is 2.43. The first-order valence-electron chi connectivity index (χ1n) is 9.36. The summed E-state index contributed by atoms with van der Waals surface area (Å²) in [5.74, 6) is 1.12. The quantitative estimate of drug-likeness (QED) is 0.860. The van der Waals surface area contributed by atoms with Crippen molar-refractivity contribution in [3.05, 3.63) is 65.7 Å². The van der Waals surface area contributed by atoms with Crippen molar-refractivity contribution in [2.24, 2.45) is 5.92 Å². The zero-order valence-electron chi connectivity index (χ0n) is 15.7. The molecule has 26 heavy (non-hydrogen) atoms. The Morgan fingerprint density at radius 2 is 1.77 bits per heavy atom. The first-order chi connectivity index (χ1) is 12.7. The summed E-state index contributed by atoms with van der Waals surface area (Å²) in [4.78, 5) is 15.1. The number of amides is 1. The van der Waals surface area contributed by atoms with Crippen LogP contribution in [0.4, 0.5) is 0 Å². The highest BCUT2D eigenvalue weighted by Crippen LogP contribution is 2.22. The molecular formula is C22H28N2O2. The number of benzene rings is 2. The summed E-state index contributed by atoms with van der Waals surface area (Å²) in [7, 11) is 1.66. The minimum Gasteiger partial charge on any atom is -0.497 e. The first kappa shape index (κ1) is 18.5. The molecule has 1 aliphatic rings. The molecule has 4 heteroatoms. The highest BCUT2D eigenvalue weighted by Gasteiger charge is 2.25. The third-order valence-electron chi connectivity index (χ3n) is 5.18. The Hall–Kier alpha value is -2.33. The van der Waals surface area contributed by atoms with E-state index in [1.165, 1.54) is 5.56 Å². The summed E-state index contributed by atoms with van der Waals surface area (Å²) in [6.45, 7) is 4.95. The number of nitrogens with one attached hydrogen (secondary N) is 1. The van der Waals surface area contributed by atoms with Gasteiger partial charge in [-0.15, -0.1) is 0 Å². The van der Waals surface area contributed by atoms with E-state index >= 15 is 0 Å². The van der Waals surface area contributed by atoms with Gasteiger partial charge < -0.3 is 10.1 Å². The molecule has 0 spiro atoms. The van der Waals surface area contributed by atoms with Crippen molar-refractivity contribution in [2.75, 3.05) is 20.2 Å². The van der Waals surface area contributed by atoms with E-state index in [4.69, 9.17) is 4.74 Å². The topological polar surface area (TPSA) is 41.6 Å². The third-order valence-corrected chi connectivity index (χ3v) is 5.18. The fourth-order valence-corrected chi connectivity index (χ4v) is 3.50. The Morgan fingerprint density at radius 1 is 1.12 bits per heavy atom. The van der Waals surface area contributed by atoms with Gasteiger partial charge in [0.15, 0.2) is 0 Å². The molecule has 1 atom stereocenters. The van der Waals surface area contributed by atoms with Crippen LogP contribution in [0.5, 0.6) is 5.75 Å². The predicted octanol–water partition coefficient (Wildman–Crippen LogP) is 3.78. The monoisotopic (exact) mass is 352 g/mol. The van der Waals surface area contributed by atoms with Gasteiger partial charge in [-0.2, -0.15) is 0 Å². The summed E-state index contributed by atoms with van der Waals surface area (Å²) in [6.07, 6.45) is 1.85. The van der Waals surface area contributed by atoms with E-state index in [9.17, 15) is 4.79 Å². The van der Waals surface area contributed by atoms with E-state index in [1.54, 1.807) is 7.11 Å². The number of hydrogen-bond donors (Lipinski definition) is 1. The van der Waals surface area contributed by atoms with E-state index in [0.717, 1.165) is 43.8 Å². The van der Waals surface area contributed by atoms with Crippen molar-refractivity contribution in [2.45, 2.75) is 32.4 Å². The van der Waals surface area contributed by atoms with Crippen LogP contribution in [0.1, 0.15) is 36.9 Å². The van der Waals surface area contributed by atoms with Crippen LogP contribution < -0.4 is 10.1 Å². The lowest BCUT2D eigenvalue weighted by Crippen LogP contribution is -2.40. The van der Waals surface area contributed by atoms with Crippen LogP contribution in [-0.4, -0.2) is 31.0 Å². The molecule has 0 saturated carbocycles. The minimum absolute atomic E-state index is 0.00996. The van der Waals surface area contributed by atoms with Crippen LogP contribution in [0, 0.1) is 5.92 Å². The summed E-state index contributed by atoms with van der Waals surface area (Å²) < 4.78 is 5.19. The maximum absolute atomic E-state index is 12.6. The number of rotatable bonds is 6. The number of piperidine rings is 1. The number of carbonyl (C=O) groups is 1. The number of likely N-dealkylation sites (tertiary alicyclic amines) is 1. The Balaban J connectivity index is 1.47. The number of nitrogens with zero attached hydrogens (tertiary/aromatic N) is 1. The van der Waals surface area contributed by atoms with Gasteiger partial charge in [0, 0.05) is 12.5 Å². The zero-order valence-corrected chi connectivity index (χ0v) is 15.7. The third kappa shape index (κ3) is 4.85. The largest absolute Gasteiger partial charge is 0.497 e. The maximum atomic E-state index is 12.6. The standard InChI is InChI=1S/C22H28N2O2/c1-17(19-8-10-21(26-2)11-9-19)23-22(25)20-12-14-24(15-13-20)16-18-6-4-3-5-7-18/h3-11,17,20H,12-16H2,1-2H3,(H,23,25). The van der Waals surface area contributed by atoms with Gasteiger partial charge in [-0.05, 0) is 56.1 Å². The van der Waals surface area contributed by atoms with Crippen LogP contribution in [0.25, 0.3) is 0 Å². The SMILES string of the molecule is COc1ccc(C(C)NC(=O)C2CCN(Cc3ccccc3)CC2)cc1. The molecule has 3 rings (SSSR count). The molecule has 1 saturated heterocycles. The molecule has 1 unspecified atom stereocenters. The van der Waals surface area contributed by atoms with Crippen LogP contribution in [0.3, 0.4) is 0 Å². The van der Waals surface area contributed by atoms with Crippen molar-refractivity contribution in [3.8, 4) is 5.75 Å².